The molecule has 0 aliphatic carbocycles. The standard InChI is InChI=1S/C14H10O3.C9H11NO2/c15-13(10-4-2-1-3-5-10)11-6-8-12(9-7-11)14(16)17;10-8(9(11)12)6-7-4-2-1-3-5-7/h1-9H,(H,16,17);1-5,8H,6,10H2,(H,11,12)/t;8-/m.0/s1. The van der Waals surface area contributed by atoms with Gasteiger partial charge in [-0.3, -0.25) is 9.59 Å². The molecular formula is C23H21NO5. The highest BCUT2D eigenvalue weighted by Crippen LogP contribution is 2.11. The van der Waals surface area contributed by atoms with Crippen molar-refractivity contribution in [2.24, 2.45) is 5.73 Å². The number of aromatic carboxylic acids is 1. The number of aliphatic carboxylic acids is 1. The molecule has 0 aliphatic rings. The van der Waals surface area contributed by atoms with Crippen molar-refractivity contribution in [2.75, 3.05) is 0 Å². The molecule has 6 nitrogen and oxygen atoms in total. The summed E-state index contributed by atoms with van der Waals surface area (Å²) in [6.07, 6.45) is 0.385. The van der Waals surface area contributed by atoms with Crippen molar-refractivity contribution < 1.29 is 24.6 Å². The van der Waals surface area contributed by atoms with E-state index in [0.29, 0.717) is 17.5 Å². The van der Waals surface area contributed by atoms with E-state index in [1.54, 1.807) is 24.3 Å². The van der Waals surface area contributed by atoms with Crippen LogP contribution in [0.3, 0.4) is 0 Å². The van der Waals surface area contributed by atoms with Crippen LogP contribution in [0.4, 0.5) is 0 Å². The first-order valence-corrected chi connectivity index (χ1v) is 8.84. The van der Waals surface area contributed by atoms with Gasteiger partial charge in [-0.25, -0.2) is 4.79 Å². The molecular weight excluding hydrogens is 370 g/mol. The van der Waals surface area contributed by atoms with Gasteiger partial charge in [-0.05, 0) is 24.1 Å². The highest BCUT2D eigenvalue weighted by Gasteiger charge is 2.11. The van der Waals surface area contributed by atoms with Crippen molar-refractivity contribution in [1.82, 2.24) is 0 Å². The number of carboxylic acids is 2. The predicted molar refractivity (Wildman–Crippen MR) is 109 cm³/mol. The molecule has 0 spiro atoms. The summed E-state index contributed by atoms with van der Waals surface area (Å²) in [6, 6.07) is 23.3. The van der Waals surface area contributed by atoms with Crippen molar-refractivity contribution >= 4 is 17.7 Å². The summed E-state index contributed by atoms with van der Waals surface area (Å²) in [7, 11) is 0. The number of nitrogens with two attached hydrogens (primary N) is 1. The Morgan fingerprint density at radius 1 is 0.690 bits per heavy atom. The molecule has 148 valence electrons. The summed E-state index contributed by atoms with van der Waals surface area (Å²) >= 11 is 0. The van der Waals surface area contributed by atoms with Gasteiger partial charge in [-0.15, -0.1) is 0 Å². The Balaban J connectivity index is 0.000000221. The Bertz CT molecular complexity index is 954. The Kier molecular flexibility index (Phi) is 7.82. The van der Waals surface area contributed by atoms with Crippen LogP contribution in [0.25, 0.3) is 0 Å². The molecule has 6 heteroatoms. The van der Waals surface area contributed by atoms with Crippen LogP contribution >= 0.6 is 0 Å². The summed E-state index contributed by atoms with van der Waals surface area (Å²) in [5, 5.41) is 17.3. The van der Waals surface area contributed by atoms with E-state index >= 15 is 0 Å². The van der Waals surface area contributed by atoms with Crippen LogP contribution in [-0.4, -0.2) is 34.0 Å². The maximum Gasteiger partial charge on any atom is 0.335 e. The molecule has 1 atom stereocenters. The van der Waals surface area contributed by atoms with Crippen molar-refractivity contribution in [1.29, 1.82) is 0 Å². The second kappa shape index (κ2) is 10.5. The van der Waals surface area contributed by atoms with Crippen molar-refractivity contribution in [3.05, 3.63) is 107 Å². The maximum atomic E-state index is 12.0. The molecule has 0 unspecified atom stereocenters. The normalized spacial score (nSPS) is 10.9. The fourth-order valence-corrected chi connectivity index (χ4v) is 2.48. The number of carboxylic acid groups (broad SMARTS) is 2. The van der Waals surface area contributed by atoms with E-state index < -0.39 is 18.0 Å². The van der Waals surface area contributed by atoms with E-state index in [-0.39, 0.29) is 11.3 Å². The van der Waals surface area contributed by atoms with Gasteiger partial charge in [-0.2, -0.15) is 0 Å². The number of hydrogen-bond acceptors (Lipinski definition) is 4. The zero-order valence-corrected chi connectivity index (χ0v) is 15.6. The van der Waals surface area contributed by atoms with Gasteiger partial charge in [0.25, 0.3) is 0 Å². The Labute approximate surface area is 168 Å². The first-order valence-electron chi connectivity index (χ1n) is 8.84. The summed E-state index contributed by atoms with van der Waals surface area (Å²) in [6.45, 7) is 0. The molecule has 0 saturated carbocycles. The fraction of sp³-hybridized carbons (Fsp3) is 0.0870. The van der Waals surface area contributed by atoms with Crippen LogP contribution in [0.2, 0.25) is 0 Å². The number of carbonyl (C=O) groups excluding carboxylic acids is 1. The van der Waals surface area contributed by atoms with Crippen LogP contribution in [0.1, 0.15) is 31.8 Å². The van der Waals surface area contributed by atoms with Crippen molar-refractivity contribution in [2.45, 2.75) is 12.5 Å². The van der Waals surface area contributed by atoms with Crippen molar-refractivity contribution in [3.8, 4) is 0 Å². The third kappa shape index (κ3) is 6.71. The van der Waals surface area contributed by atoms with Gasteiger partial charge < -0.3 is 15.9 Å². The van der Waals surface area contributed by atoms with Crippen LogP contribution in [0.5, 0.6) is 0 Å². The Morgan fingerprint density at radius 2 is 1.14 bits per heavy atom. The summed E-state index contributed by atoms with van der Waals surface area (Å²) in [4.78, 5) is 33.0. The molecule has 4 N–H and O–H groups in total. The van der Waals surface area contributed by atoms with Crippen LogP contribution in [-0.2, 0) is 11.2 Å². The van der Waals surface area contributed by atoms with E-state index in [9.17, 15) is 14.4 Å². The minimum absolute atomic E-state index is 0.109. The lowest BCUT2D eigenvalue weighted by molar-refractivity contribution is -0.138. The maximum absolute atomic E-state index is 12.0. The Morgan fingerprint density at radius 3 is 1.62 bits per heavy atom. The number of carbonyl (C=O) groups is 3. The van der Waals surface area contributed by atoms with Gasteiger partial charge in [0.2, 0.25) is 0 Å². The van der Waals surface area contributed by atoms with E-state index in [1.807, 2.05) is 36.4 Å². The summed E-state index contributed by atoms with van der Waals surface area (Å²) in [5.74, 6) is -2.06. The topological polar surface area (TPSA) is 118 Å². The second-order valence-corrected chi connectivity index (χ2v) is 6.21. The molecule has 3 aromatic carbocycles. The highest BCUT2D eigenvalue weighted by atomic mass is 16.4. The minimum atomic E-state index is -0.997. The molecule has 0 aromatic heterocycles. The average molecular weight is 391 g/mol. The zero-order valence-electron chi connectivity index (χ0n) is 15.6. The molecule has 0 fully saturated rings. The lowest BCUT2D eigenvalue weighted by Gasteiger charge is -2.04. The molecule has 0 amide bonds. The number of rotatable bonds is 6. The highest BCUT2D eigenvalue weighted by molar-refractivity contribution is 6.09. The quantitative estimate of drug-likeness (QED) is 0.555. The number of ketones is 1. The van der Waals surface area contributed by atoms with Gasteiger partial charge in [0.05, 0.1) is 5.56 Å². The molecule has 0 saturated heterocycles. The van der Waals surface area contributed by atoms with E-state index in [1.165, 1.54) is 24.3 Å². The predicted octanol–water partition coefficient (Wildman–Crippen LogP) is 3.26. The van der Waals surface area contributed by atoms with Crippen LogP contribution in [0, 0.1) is 0 Å². The number of benzene rings is 3. The van der Waals surface area contributed by atoms with Crippen LogP contribution in [0.15, 0.2) is 84.9 Å². The lowest BCUT2D eigenvalue weighted by atomic mass is 10.0. The molecule has 3 rings (SSSR count). The fourth-order valence-electron chi connectivity index (χ4n) is 2.48. The smallest absolute Gasteiger partial charge is 0.335 e. The van der Waals surface area contributed by atoms with E-state index in [2.05, 4.69) is 0 Å². The SMILES string of the molecule is N[C@@H](Cc1ccccc1)C(=O)O.O=C(O)c1ccc(C(=O)c2ccccc2)cc1. The van der Waals surface area contributed by atoms with Gasteiger partial charge in [0, 0.05) is 11.1 Å². The van der Waals surface area contributed by atoms with Gasteiger partial charge in [-0.1, -0.05) is 72.8 Å². The van der Waals surface area contributed by atoms with Gasteiger partial charge in [0.15, 0.2) is 5.78 Å². The second-order valence-electron chi connectivity index (χ2n) is 6.21. The first kappa shape index (κ1) is 21.5. The molecule has 0 heterocycles. The van der Waals surface area contributed by atoms with Crippen molar-refractivity contribution in [3.63, 3.8) is 0 Å². The van der Waals surface area contributed by atoms with Gasteiger partial charge in [0.1, 0.15) is 6.04 Å². The number of hydrogen-bond donors (Lipinski definition) is 3. The van der Waals surface area contributed by atoms with E-state index in [0.717, 1.165) is 5.56 Å². The lowest BCUT2D eigenvalue weighted by Crippen LogP contribution is -2.32. The molecule has 0 bridgehead atoms. The zero-order chi connectivity index (χ0) is 21.2. The minimum Gasteiger partial charge on any atom is -0.480 e. The summed E-state index contributed by atoms with van der Waals surface area (Å²) in [5.41, 5.74) is 7.56. The van der Waals surface area contributed by atoms with Gasteiger partial charge >= 0.3 is 11.9 Å². The molecule has 29 heavy (non-hydrogen) atoms. The largest absolute Gasteiger partial charge is 0.480 e. The molecule has 0 radical (unpaired) electrons. The molecule has 0 aliphatic heterocycles. The molecule has 3 aromatic rings. The Hall–Kier alpha value is -3.77. The first-order chi connectivity index (χ1) is 13.9. The average Bonchev–Trinajstić information content (AvgIpc) is 2.75. The third-order valence-corrected chi connectivity index (χ3v) is 4.05. The van der Waals surface area contributed by atoms with Crippen LogP contribution < -0.4 is 5.73 Å². The monoisotopic (exact) mass is 391 g/mol. The summed E-state index contributed by atoms with van der Waals surface area (Å²) < 4.78 is 0. The third-order valence-electron chi connectivity index (χ3n) is 4.05. The van der Waals surface area contributed by atoms with E-state index in [4.69, 9.17) is 15.9 Å².